The number of hydrogen-bond donors (Lipinski definition) is 2. The fraction of sp³-hybridized carbons (Fsp3) is 0.524. The molecule has 0 amide bonds. The first-order chi connectivity index (χ1) is 13.3. The van der Waals surface area contributed by atoms with Crippen LogP contribution >= 0.6 is 24.0 Å². The Bertz CT molecular complexity index is 702. The summed E-state index contributed by atoms with van der Waals surface area (Å²) >= 11 is 0. The third-order valence-corrected chi connectivity index (χ3v) is 4.90. The van der Waals surface area contributed by atoms with E-state index >= 15 is 0 Å². The first-order valence-electron chi connectivity index (χ1n) is 9.92. The summed E-state index contributed by atoms with van der Waals surface area (Å²) in [4.78, 5) is 8.91. The lowest BCUT2D eigenvalue weighted by Crippen LogP contribution is -2.39. The van der Waals surface area contributed by atoms with E-state index in [0.29, 0.717) is 5.92 Å². The van der Waals surface area contributed by atoms with Gasteiger partial charge < -0.3 is 19.9 Å². The number of halogens is 1. The molecule has 2 aromatic rings. The van der Waals surface area contributed by atoms with Crippen LogP contribution in [0.15, 0.2) is 48.0 Å². The van der Waals surface area contributed by atoms with Crippen LogP contribution in [-0.2, 0) is 11.3 Å². The molecular formula is C21H32IN5O. The van der Waals surface area contributed by atoms with E-state index in [1.807, 2.05) is 12.5 Å². The van der Waals surface area contributed by atoms with Gasteiger partial charge in [0.2, 0.25) is 0 Å². The number of rotatable bonds is 7. The van der Waals surface area contributed by atoms with Crippen LogP contribution in [0.1, 0.15) is 37.0 Å². The minimum absolute atomic E-state index is 0. The van der Waals surface area contributed by atoms with Crippen LogP contribution in [0.3, 0.4) is 0 Å². The van der Waals surface area contributed by atoms with Crippen LogP contribution in [0.5, 0.6) is 0 Å². The van der Waals surface area contributed by atoms with Crippen molar-refractivity contribution in [2.75, 3.05) is 26.2 Å². The van der Waals surface area contributed by atoms with E-state index < -0.39 is 0 Å². The molecule has 1 aliphatic rings. The Morgan fingerprint density at radius 1 is 1.29 bits per heavy atom. The van der Waals surface area contributed by atoms with Gasteiger partial charge in [0.1, 0.15) is 0 Å². The predicted octanol–water partition coefficient (Wildman–Crippen LogP) is 3.53. The Hall–Kier alpha value is -1.61. The summed E-state index contributed by atoms with van der Waals surface area (Å²) in [6, 6.07) is 8.71. The molecule has 0 bridgehead atoms. The number of aliphatic imine (C=N–C) groups is 1. The van der Waals surface area contributed by atoms with Crippen LogP contribution in [0.2, 0.25) is 0 Å². The monoisotopic (exact) mass is 497 g/mol. The van der Waals surface area contributed by atoms with Crippen molar-refractivity contribution >= 4 is 29.9 Å². The zero-order valence-corrected chi connectivity index (χ0v) is 19.1. The van der Waals surface area contributed by atoms with Gasteiger partial charge in [0.25, 0.3) is 0 Å². The third kappa shape index (κ3) is 6.77. The largest absolute Gasteiger partial charge is 0.373 e. The highest BCUT2D eigenvalue weighted by molar-refractivity contribution is 14.0. The molecule has 28 heavy (non-hydrogen) atoms. The number of nitrogens with zero attached hydrogens (tertiary/aromatic N) is 3. The molecule has 1 fully saturated rings. The summed E-state index contributed by atoms with van der Waals surface area (Å²) in [5, 5.41) is 6.75. The minimum atomic E-state index is 0. The highest BCUT2D eigenvalue weighted by Gasteiger charge is 2.27. The highest BCUT2D eigenvalue weighted by Crippen LogP contribution is 2.33. The van der Waals surface area contributed by atoms with Gasteiger partial charge in [-0.2, -0.15) is 0 Å². The van der Waals surface area contributed by atoms with Crippen LogP contribution in [0, 0.1) is 12.8 Å². The molecule has 3 rings (SSSR count). The Morgan fingerprint density at radius 2 is 2.11 bits per heavy atom. The van der Waals surface area contributed by atoms with Crippen molar-refractivity contribution in [3.63, 3.8) is 0 Å². The molecule has 0 aliphatic carbocycles. The maximum Gasteiger partial charge on any atom is 0.191 e. The van der Waals surface area contributed by atoms with Gasteiger partial charge >= 0.3 is 0 Å². The molecule has 1 aliphatic heterocycles. The first kappa shape index (κ1) is 22.7. The number of guanidine groups is 1. The number of benzene rings is 1. The molecular weight excluding hydrogens is 465 g/mol. The number of hydrogen-bond acceptors (Lipinski definition) is 3. The van der Waals surface area contributed by atoms with E-state index in [1.54, 1.807) is 6.20 Å². The van der Waals surface area contributed by atoms with Gasteiger partial charge in [0.15, 0.2) is 5.96 Å². The van der Waals surface area contributed by atoms with E-state index in [1.165, 1.54) is 11.1 Å². The van der Waals surface area contributed by atoms with E-state index in [-0.39, 0.29) is 30.1 Å². The van der Waals surface area contributed by atoms with Crippen LogP contribution in [0.4, 0.5) is 0 Å². The summed E-state index contributed by atoms with van der Waals surface area (Å²) < 4.78 is 8.17. The zero-order valence-electron chi connectivity index (χ0n) is 16.8. The second kappa shape index (κ2) is 12.1. The molecule has 7 heteroatoms. The lowest BCUT2D eigenvalue weighted by atomic mass is 9.89. The van der Waals surface area contributed by atoms with Gasteiger partial charge in [-0.25, -0.2) is 4.98 Å². The van der Waals surface area contributed by atoms with Gasteiger partial charge in [-0.05, 0) is 32.3 Å². The standard InChI is InChI=1S/C21H31N5O.HI/c1-3-23-21(24-11-13-26-12-10-22-16-26)25-15-19-5-4-14-27-20(19)18-8-6-17(2)7-9-18;/h6-10,12,16,19-20H,3-5,11,13-15H2,1-2H3,(H2,23,24,25);1H. The van der Waals surface area contributed by atoms with Crippen molar-refractivity contribution in [1.29, 1.82) is 0 Å². The molecule has 1 aromatic heterocycles. The molecule has 154 valence electrons. The van der Waals surface area contributed by atoms with Crippen LogP contribution in [-0.4, -0.2) is 41.8 Å². The molecule has 2 atom stereocenters. The molecule has 0 saturated carbocycles. The molecule has 2 N–H and O–H groups in total. The summed E-state index contributed by atoms with van der Waals surface area (Å²) in [5.74, 6) is 1.27. The Labute approximate surface area is 185 Å². The molecule has 0 radical (unpaired) electrons. The molecule has 2 unspecified atom stereocenters. The molecule has 1 aromatic carbocycles. The first-order valence-corrected chi connectivity index (χ1v) is 9.92. The minimum Gasteiger partial charge on any atom is -0.373 e. The quantitative estimate of drug-likeness (QED) is 0.349. The van der Waals surface area contributed by atoms with Gasteiger partial charge in [-0.3, -0.25) is 4.99 Å². The summed E-state index contributed by atoms with van der Waals surface area (Å²) in [5.41, 5.74) is 2.54. The maximum absolute atomic E-state index is 6.12. The van der Waals surface area contributed by atoms with E-state index in [0.717, 1.165) is 51.6 Å². The fourth-order valence-electron chi connectivity index (χ4n) is 3.43. The second-order valence-electron chi connectivity index (χ2n) is 7.05. The highest BCUT2D eigenvalue weighted by atomic mass is 127. The molecule has 2 heterocycles. The van der Waals surface area contributed by atoms with E-state index in [2.05, 4.69) is 58.3 Å². The molecule has 6 nitrogen and oxygen atoms in total. The Balaban J connectivity index is 0.00000280. The average Bonchev–Trinajstić information content (AvgIpc) is 3.20. The normalized spacial score (nSPS) is 19.7. The van der Waals surface area contributed by atoms with Gasteiger partial charge in [0, 0.05) is 51.1 Å². The number of ether oxygens (including phenoxy) is 1. The average molecular weight is 497 g/mol. The maximum atomic E-state index is 6.12. The number of imidazole rings is 1. The SMILES string of the molecule is CCNC(=NCC1CCCOC1c1ccc(C)cc1)NCCn1ccnc1.I. The number of aryl methyl sites for hydroxylation is 1. The Morgan fingerprint density at radius 3 is 2.82 bits per heavy atom. The van der Waals surface area contributed by atoms with Crippen molar-refractivity contribution in [1.82, 2.24) is 20.2 Å². The van der Waals surface area contributed by atoms with E-state index in [4.69, 9.17) is 9.73 Å². The molecule has 0 spiro atoms. The van der Waals surface area contributed by atoms with Gasteiger partial charge in [0.05, 0.1) is 12.4 Å². The van der Waals surface area contributed by atoms with Crippen molar-refractivity contribution in [3.8, 4) is 0 Å². The lowest BCUT2D eigenvalue weighted by Gasteiger charge is -2.31. The summed E-state index contributed by atoms with van der Waals surface area (Å²) in [7, 11) is 0. The van der Waals surface area contributed by atoms with E-state index in [9.17, 15) is 0 Å². The third-order valence-electron chi connectivity index (χ3n) is 4.90. The fourth-order valence-corrected chi connectivity index (χ4v) is 3.43. The van der Waals surface area contributed by atoms with Crippen LogP contribution < -0.4 is 10.6 Å². The van der Waals surface area contributed by atoms with Crippen LogP contribution in [0.25, 0.3) is 0 Å². The topological polar surface area (TPSA) is 63.5 Å². The van der Waals surface area contributed by atoms with Gasteiger partial charge in [-0.15, -0.1) is 24.0 Å². The molecule has 1 saturated heterocycles. The number of nitrogens with one attached hydrogen (secondary N) is 2. The zero-order chi connectivity index (χ0) is 18.9. The summed E-state index contributed by atoms with van der Waals surface area (Å²) in [6.45, 7) is 8.32. The predicted molar refractivity (Wildman–Crippen MR) is 124 cm³/mol. The lowest BCUT2D eigenvalue weighted by molar-refractivity contribution is -0.0250. The Kier molecular flexibility index (Phi) is 9.77. The van der Waals surface area contributed by atoms with Crippen molar-refractivity contribution in [2.45, 2.75) is 39.3 Å². The van der Waals surface area contributed by atoms with Crippen molar-refractivity contribution < 1.29 is 4.74 Å². The summed E-state index contributed by atoms with van der Waals surface area (Å²) in [6.07, 6.45) is 7.99. The van der Waals surface area contributed by atoms with Crippen molar-refractivity contribution in [2.24, 2.45) is 10.9 Å². The van der Waals surface area contributed by atoms with Crippen molar-refractivity contribution in [3.05, 3.63) is 54.1 Å². The smallest absolute Gasteiger partial charge is 0.191 e. The van der Waals surface area contributed by atoms with Gasteiger partial charge in [-0.1, -0.05) is 29.8 Å². The second-order valence-corrected chi connectivity index (χ2v) is 7.05. The number of aromatic nitrogens is 2.